The number of furan rings is 1. The van der Waals surface area contributed by atoms with Gasteiger partial charge in [-0.3, -0.25) is 0 Å². The lowest BCUT2D eigenvalue weighted by Gasteiger charge is -2.21. The summed E-state index contributed by atoms with van der Waals surface area (Å²) in [6.07, 6.45) is 5.44. The molecule has 1 aromatic carbocycles. The molecule has 0 amide bonds. The van der Waals surface area contributed by atoms with E-state index < -0.39 is 5.60 Å². The van der Waals surface area contributed by atoms with Gasteiger partial charge in [0.15, 0.2) is 0 Å². The molecule has 0 aliphatic heterocycles. The Morgan fingerprint density at radius 3 is 2.61 bits per heavy atom. The van der Waals surface area contributed by atoms with E-state index in [9.17, 15) is 5.11 Å². The summed E-state index contributed by atoms with van der Waals surface area (Å²) in [4.78, 5) is 4.04. The van der Waals surface area contributed by atoms with E-state index in [1.807, 2.05) is 42.0 Å². The fourth-order valence-electron chi connectivity index (χ4n) is 2.46. The van der Waals surface area contributed by atoms with Crippen molar-refractivity contribution in [3.05, 3.63) is 72.2 Å². The van der Waals surface area contributed by atoms with Crippen LogP contribution in [0.4, 0.5) is 0 Å². The average Bonchev–Trinajstić information content (AvgIpc) is 3.19. The molecule has 1 atom stereocenters. The first-order valence-electron chi connectivity index (χ1n) is 7.62. The van der Waals surface area contributed by atoms with Gasteiger partial charge >= 0.3 is 0 Å². The molecule has 5 nitrogen and oxygen atoms in total. The average molecular weight is 311 g/mol. The highest BCUT2D eigenvalue weighted by Crippen LogP contribution is 2.22. The fraction of sp³-hybridized carbons (Fsp3) is 0.278. The molecular weight excluding hydrogens is 290 g/mol. The third-order valence-electron chi connectivity index (χ3n) is 3.81. The van der Waals surface area contributed by atoms with Crippen molar-refractivity contribution in [3.8, 4) is 5.69 Å². The summed E-state index contributed by atoms with van der Waals surface area (Å²) >= 11 is 0. The lowest BCUT2D eigenvalue weighted by Crippen LogP contribution is -2.34. The summed E-state index contributed by atoms with van der Waals surface area (Å²) in [5.41, 5.74) is 1.20. The highest BCUT2D eigenvalue weighted by molar-refractivity contribution is 5.34. The van der Waals surface area contributed by atoms with Crippen molar-refractivity contribution >= 4 is 0 Å². The number of nitrogens with one attached hydrogen (secondary N) is 1. The van der Waals surface area contributed by atoms with Gasteiger partial charge in [-0.2, -0.15) is 0 Å². The van der Waals surface area contributed by atoms with Crippen LogP contribution in [0.5, 0.6) is 0 Å². The molecule has 1 unspecified atom stereocenters. The molecule has 0 spiro atoms. The van der Waals surface area contributed by atoms with Crippen molar-refractivity contribution in [2.24, 2.45) is 0 Å². The number of aliphatic hydroxyl groups is 1. The zero-order valence-corrected chi connectivity index (χ0v) is 13.4. The fourth-order valence-corrected chi connectivity index (χ4v) is 2.46. The SMILES string of the molecule is Cc1ccc(C(C)(O)CNCc2ccc(-n3ccnc3)cc2)o1. The number of rotatable bonds is 6. The second-order valence-corrected chi connectivity index (χ2v) is 5.92. The van der Waals surface area contributed by atoms with E-state index in [4.69, 9.17) is 4.42 Å². The van der Waals surface area contributed by atoms with Gasteiger partial charge in [-0.25, -0.2) is 4.98 Å². The summed E-state index contributed by atoms with van der Waals surface area (Å²) in [6.45, 7) is 4.72. The number of hydrogen-bond acceptors (Lipinski definition) is 4. The zero-order chi connectivity index (χ0) is 16.3. The van der Waals surface area contributed by atoms with Crippen LogP contribution >= 0.6 is 0 Å². The zero-order valence-electron chi connectivity index (χ0n) is 13.4. The highest BCUT2D eigenvalue weighted by Gasteiger charge is 2.26. The van der Waals surface area contributed by atoms with Crippen molar-refractivity contribution in [2.75, 3.05) is 6.54 Å². The second-order valence-electron chi connectivity index (χ2n) is 5.92. The number of nitrogens with zero attached hydrogens (tertiary/aromatic N) is 2. The molecule has 3 rings (SSSR count). The van der Waals surface area contributed by atoms with E-state index >= 15 is 0 Å². The van der Waals surface area contributed by atoms with E-state index in [1.165, 1.54) is 0 Å². The molecule has 0 bridgehead atoms. The lowest BCUT2D eigenvalue weighted by atomic mass is 10.0. The maximum absolute atomic E-state index is 10.5. The molecule has 0 aliphatic carbocycles. The van der Waals surface area contributed by atoms with Gasteiger partial charge in [-0.1, -0.05) is 12.1 Å². The minimum atomic E-state index is -1.02. The van der Waals surface area contributed by atoms with Crippen molar-refractivity contribution in [1.82, 2.24) is 14.9 Å². The summed E-state index contributed by atoms with van der Waals surface area (Å²) in [5, 5.41) is 13.8. The van der Waals surface area contributed by atoms with Gasteiger partial charge in [0.25, 0.3) is 0 Å². The Kier molecular flexibility index (Phi) is 4.32. The number of aryl methyl sites for hydroxylation is 1. The molecule has 0 saturated carbocycles. The molecule has 0 saturated heterocycles. The Labute approximate surface area is 135 Å². The van der Waals surface area contributed by atoms with E-state index in [0.29, 0.717) is 18.8 Å². The topological polar surface area (TPSA) is 63.2 Å². The van der Waals surface area contributed by atoms with Gasteiger partial charge < -0.3 is 19.4 Å². The van der Waals surface area contributed by atoms with Crippen LogP contribution in [0, 0.1) is 6.92 Å². The predicted octanol–water partition coefficient (Wildman–Crippen LogP) is 2.77. The van der Waals surface area contributed by atoms with Crippen molar-refractivity contribution in [3.63, 3.8) is 0 Å². The Morgan fingerprint density at radius 1 is 1.22 bits per heavy atom. The van der Waals surface area contributed by atoms with Crippen LogP contribution in [0.25, 0.3) is 5.69 Å². The summed E-state index contributed by atoms with van der Waals surface area (Å²) < 4.78 is 7.47. The van der Waals surface area contributed by atoms with Gasteiger partial charge in [-0.05, 0) is 43.7 Å². The van der Waals surface area contributed by atoms with Crippen LogP contribution in [0.3, 0.4) is 0 Å². The number of hydrogen-bond donors (Lipinski definition) is 2. The van der Waals surface area contributed by atoms with Crippen LogP contribution < -0.4 is 5.32 Å². The standard InChI is InChI=1S/C18H21N3O2/c1-14-3-8-17(23-14)18(2,22)12-20-11-15-4-6-16(7-5-15)21-10-9-19-13-21/h3-10,13,20,22H,11-12H2,1-2H3. The Bertz CT molecular complexity index is 743. The van der Waals surface area contributed by atoms with Gasteiger partial charge in [0.05, 0.1) is 6.33 Å². The highest BCUT2D eigenvalue weighted by atomic mass is 16.4. The third kappa shape index (κ3) is 3.70. The molecule has 2 aromatic heterocycles. The van der Waals surface area contributed by atoms with Crippen LogP contribution in [-0.4, -0.2) is 21.2 Å². The quantitative estimate of drug-likeness (QED) is 0.735. The summed E-state index contributed by atoms with van der Waals surface area (Å²) in [6, 6.07) is 11.9. The van der Waals surface area contributed by atoms with Crippen LogP contribution in [0.1, 0.15) is 24.0 Å². The van der Waals surface area contributed by atoms with Gasteiger partial charge in [-0.15, -0.1) is 0 Å². The summed E-state index contributed by atoms with van der Waals surface area (Å²) in [5.74, 6) is 1.38. The van der Waals surface area contributed by atoms with Crippen molar-refractivity contribution < 1.29 is 9.52 Å². The Balaban J connectivity index is 1.56. The minimum absolute atomic E-state index is 0.420. The molecule has 3 aromatic rings. The first-order valence-corrected chi connectivity index (χ1v) is 7.62. The second kappa shape index (κ2) is 6.40. The molecule has 0 radical (unpaired) electrons. The van der Waals surface area contributed by atoms with Crippen LogP contribution in [0.2, 0.25) is 0 Å². The first kappa shape index (κ1) is 15.5. The number of imidazole rings is 1. The molecular formula is C18H21N3O2. The molecule has 5 heteroatoms. The molecule has 2 N–H and O–H groups in total. The van der Waals surface area contributed by atoms with Crippen molar-refractivity contribution in [2.45, 2.75) is 26.0 Å². The molecule has 2 heterocycles. The van der Waals surface area contributed by atoms with E-state index in [1.54, 1.807) is 19.4 Å². The normalized spacial score (nSPS) is 13.9. The predicted molar refractivity (Wildman–Crippen MR) is 88.3 cm³/mol. The Hall–Kier alpha value is -2.37. The van der Waals surface area contributed by atoms with Crippen LogP contribution in [-0.2, 0) is 12.1 Å². The van der Waals surface area contributed by atoms with Gasteiger partial charge in [0.2, 0.25) is 0 Å². The molecule has 120 valence electrons. The van der Waals surface area contributed by atoms with Gasteiger partial charge in [0.1, 0.15) is 17.1 Å². The van der Waals surface area contributed by atoms with Crippen LogP contribution in [0.15, 0.2) is 59.5 Å². The van der Waals surface area contributed by atoms with E-state index in [2.05, 4.69) is 22.4 Å². The van der Waals surface area contributed by atoms with E-state index in [0.717, 1.165) is 17.0 Å². The first-order chi connectivity index (χ1) is 11.0. The largest absolute Gasteiger partial charge is 0.463 e. The minimum Gasteiger partial charge on any atom is -0.463 e. The maximum Gasteiger partial charge on any atom is 0.136 e. The van der Waals surface area contributed by atoms with Crippen molar-refractivity contribution in [1.29, 1.82) is 0 Å². The monoisotopic (exact) mass is 311 g/mol. The molecule has 23 heavy (non-hydrogen) atoms. The number of benzene rings is 1. The molecule has 0 aliphatic rings. The summed E-state index contributed by atoms with van der Waals surface area (Å²) in [7, 11) is 0. The molecule has 0 fully saturated rings. The van der Waals surface area contributed by atoms with Gasteiger partial charge in [0, 0.05) is 31.2 Å². The maximum atomic E-state index is 10.5. The smallest absolute Gasteiger partial charge is 0.136 e. The Morgan fingerprint density at radius 2 is 2.00 bits per heavy atom. The third-order valence-corrected chi connectivity index (χ3v) is 3.81. The van der Waals surface area contributed by atoms with E-state index in [-0.39, 0.29) is 0 Å². The lowest BCUT2D eigenvalue weighted by molar-refractivity contribution is 0.0333. The number of aromatic nitrogens is 2.